The molecule has 32 heavy (non-hydrogen) atoms. The van der Waals surface area contributed by atoms with Crippen LogP contribution >= 0.6 is 11.6 Å². The van der Waals surface area contributed by atoms with E-state index in [1.807, 2.05) is 54.6 Å². The molecule has 3 aromatic carbocycles. The first-order valence-corrected chi connectivity index (χ1v) is 11.0. The lowest BCUT2D eigenvalue weighted by Gasteiger charge is -2.15. The standard InChI is InChI=1S/C26H25ClN2O3/c1-17(30)13-20-5-2-3-8-24(20)29-26(31)21-7-4-6-18(14-21)19-9-10-23(27)25(15-19)32-22-11-12-28-16-22/h2-10,14-15,22,28H,11-13,16H2,1H3,(H,29,31). The van der Waals surface area contributed by atoms with Crippen LogP contribution in [0.25, 0.3) is 11.1 Å². The number of para-hydroxylation sites is 1. The van der Waals surface area contributed by atoms with Crippen molar-refractivity contribution in [2.75, 3.05) is 18.4 Å². The van der Waals surface area contributed by atoms with Crippen molar-refractivity contribution in [3.63, 3.8) is 0 Å². The van der Waals surface area contributed by atoms with Crippen LogP contribution in [0.3, 0.4) is 0 Å². The van der Waals surface area contributed by atoms with Gasteiger partial charge in [0, 0.05) is 24.2 Å². The zero-order valence-corrected chi connectivity index (χ0v) is 18.6. The number of anilines is 1. The molecule has 0 aromatic heterocycles. The maximum Gasteiger partial charge on any atom is 0.255 e. The minimum Gasteiger partial charge on any atom is -0.487 e. The van der Waals surface area contributed by atoms with Crippen LogP contribution in [0.4, 0.5) is 5.69 Å². The second-order valence-corrected chi connectivity index (χ2v) is 8.36. The van der Waals surface area contributed by atoms with E-state index in [1.54, 1.807) is 12.1 Å². The molecule has 1 unspecified atom stereocenters. The van der Waals surface area contributed by atoms with Gasteiger partial charge in [-0.15, -0.1) is 0 Å². The van der Waals surface area contributed by atoms with Crippen LogP contribution < -0.4 is 15.4 Å². The van der Waals surface area contributed by atoms with Crippen LogP contribution in [0, 0.1) is 0 Å². The van der Waals surface area contributed by atoms with Crippen molar-refractivity contribution in [2.45, 2.75) is 25.9 Å². The van der Waals surface area contributed by atoms with E-state index in [1.165, 1.54) is 6.92 Å². The highest BCUT2D eigenvalue weighted by Gasteiger charge is 2.18. The molecule has 5 nitrogen and oxygen atoms in total. The number of halogens is 1. The first-order valence-electron chi connectivity index (χ1n) is 10.7. The number of rotatable bonds is 7. The maximum absolute atomic E-state index is 12.9. The SMILES string of the molecule is CC(=O)Cc1ccccc1NC(=O)c1cccc(-c2ccc(Cl)c(OC3CCNC3)c2)c1. The Labute approximate surface area is 192 Å². The molecule has 0 bridgehead atoms. The third-order valence-electron chi connectivity index (χ3n) is 5.40. The highest BCUT2D eigenvalue weighted by Crippen LogP contribution is 2.32. The molecule has 6 heteroatoms. The Morgan fingerprint density at radius 1 is 1.06 bits per heavy atom. The summed E-state index contributed by atoms with van der Waals surface area (Å²) in [5.41, 5.74) is 3.77. The summed E-state index contributed by atoms with van der Waals surface area (Å²) in [5, 5.41) is 6.78. The minimum atomic E-state index is -0.231. The molecular weight excluding hydrogens is 424 g/mol. The molecule has 1 atom stereocenters. The Morgan fingerprint density at radius 2 is 1.88 bits per heavy atom. The molecule has 1 saturated heterocycles. The van der Waals surface area contributed by atoms with Gasteiger partial charge in [0.05, 0.1) is 5.02 Å². The van der Waals surface area contributed by atoms with Gasteiger partial charge in [0.25, 0.3) is 5.91 Å². The summed E-state index contributed by atoms with van der Waals surface area (Å²) in [6.07, 6.45) is 1.33. The average Bonchev–Trinajstić information content (AvgIpc) is 3.29. The summed E-state index contributed by atoms with van der Waals surface area (Å²) in [6, 6.07) is 20.4. The van der Waals surface area contributed by atoms with Gasteiger partial charge in [-0.25, -0.2) is 0 Å². The molecule has 0 saturated carbocycles. The Balaban J connectivity index is 1.55. The molecule has 164 valence electrons. The van der Waals surface area contributed by atoms with Crippen molar-refractivity contribution < 1.29 is 14.3 Å². The third kappa shape index (κ3) is 5.36. The number of carbonyl (C=O) groups is 2. The highest BCUT2D eigenvalue weighted by molar-refractivity contribution is 6.32. The van der Waals surface area contributed by atoms with Gasteiger partial charge in [0.1, 0.15) is 17.6 Å². The Kier molecular flexibility index (Phi) is 6.88. The second-order valence-electron chi connectivity index (χ2n) is 7.95. The van der Waals surface area contributed by atoms with Gasteiger partial charge >= 0.3 is 0 Å². The number of ketones is 1. The molecule has 0 spiro atoms. The van der Waals surface area contributed by atoms with E-state index in [2.05, 4.69) is 10.6 Å². The van der Waals surface area contributed by atoms with Crippen LogP contribution in [0.15, 0.2) is 66.7 Å². The fraction of sp³-hybridized carbons (Fsp3) is 0.231. The normalized spacial score (nSPS) is 15.4. The molecule has 1 aliphatic heterocycles. The van der Waals surface area contributed by atoms with E-state index in [-0.39, 0.29) is 24.2 Å². The fourth-order valence-electron chi connectivity index (χ4n) is 3.78. The summed E-state index contributed by atoms with van der Waals surface area (Å²) in [6.45, 7) is 3.28. The summed E-state index contributed by atoms with van der Waals surface area (Å²) >= 11 is 6.35. The zero-order chi connectivity index (χ0) is 22.5. The van der Waals surface area contributed by atoms with E-state index >= 15 is 0 Å². The van der Waals surface area contributed by atoms with Crippen molar-refractivity contribution in [1.29, 1.82) is 0 Å². The Morgan fingerprint density at radius 3 is 2.66 bits per heavy atom. The molecule has 3 aromatic rings. The number of amides is 1. The summed E-state index contributed by atoms with van der Waals surface area (Å²) in [4.78, 5) is 24.5. The fourth-order valence-corrected chi connectivity index (χ4v) is 3.94. The van der Waals surface area contributed by atoms with Gasteiger partial charge in [0.2, 0.25) is 0 Å². The predicted molar refractivity (Wildman–Crippen MR) is 128 cm³/mol. The summed E-state index contributed by atoms with van der Waals surface area (Å²) < 4.78 is 6.07. The Hall–Kier alpha value is -3.15. The zero-order valence-electron chi connectivity index (χ0n) is 17.9. The van der Waals surface area contributed by atoms with Crippen molar-refractivity contribution in [1.82, 2.24) is 5.32 Å². The van der Waals surface area contributed by atoms with Gasteiger partial charge in [-0.05, 0) is 66.9 Å². The van der Waals surface area contributed by atoms with Gasteiger partial charge in [-0.3, -0.25) is 9.59 Å². The molecule has 0 aliphatic carbocycles. The smallest absolute Gasteiger partial charge is 0.255 e. The van der Waals surface area contributed by atoms with Crippen molar-refractivity contribution in [2.24, 2.45) is 0 Å². The lowest BCUT2D eigenvalue weighted by atomic mass is 10.0. The van der Waals surface area contributed by atoms with Crippen LogP contribution in [0.1, 0.15) is 29.3 Å². The quantitative estimate of drug-likeness (QED) is 0.525. The van der Waals surface area contributed by atoms with Gasteiger partial charge in [0.15, 0.2) is 0 Å². The van der Waals surface area contributed by atoms with E-state index in [0.29, 0.717) is 22.0 Å². The van der Waals surface area contributed by atoms with Crippen LogP contribution in [0.2, 0.25) is 5.02 Å². The van der Waals surface area contributed by atoms with Gasteiger partial charge in [-0.2, -0.15) is 0 Å². The molecule has 0 radical (unpaired) electrons. The molecule has 2 N–H and O–H groups in total. The predicted octanol–water partition coefficient (Wildman–Crippen LogP) is 5.13. The lowest BCUT2D eigenvalue weighted by Crippen LogP contribution is -2.19. The van der Waals surface area contributed by atoms with Gasteiger partial charge < -0.3 is 15.4 Å². The summed E-state index contributed by atoms with van der Waals surface area (Å²) in [5.74, 6) is 0.457. The van der Waals surface area contributed by atoms with E-state index < -0.39 is 0 Å². The number of ether oxygens (including phenoxy) is 1. The van der Waals surface area contributed by atoms with Crippen molar-refractivity contribution in [3.05, 3.63) is 82.9 Å². The summed E-state index contributed by atoms with van der Waals surface area (Å²) in [7, 11) is 0. The molecule has 4 rings (SSSR count). The lowest BCUT2D eigenvalue weighted by molar-refractivity contribution is -0.116. The maximum atomic E-state index is 12.9. The monoisotopic (exact) mass is 448 g/mol. The number of benzene rings is 3. The first-order chi connectivity index (χ1) is 15.5. The minimum absolute atomic E-state index is 0.0443. The molecular formula is C26H25ClN2O3. The van der Waals surface area contributed by atoms with Crippen molar-refractivity contribution in [3.8, 4) is 16.9 Å². The second kappa shape index (κ2) is 9.98. The van der Waals surface area contributed by atoms with Crippen molar-refractivity contribution >= 4 is 29.0 Å². The largest absolute Gasteiger partial charge is 0.487 e. The van der Waals surface area contributed by atoms with Crippen LogP contribution in [-0.4, -0.2) is 30.9 Å². The molecule has 1 amide bonds. The third-order valence-corrected chi connectivity index (χ3v) is 5.72. The Bertz CT molecular complexity index is 1140. The highest BCUT2D eigenvalue weighted by atomic mass is 35.5. The van der Waals surface area contributed by atoms with E-state index in [0.717, 1.165) is 36.2 Å². The van der Waals surface area contributed by atoms with E-state index in [4.69, 9.17) is 16.3 Å². The first kappa shape index (κ1) is 22.1. The number of carbonyl (C=O) groups excluding carboxylic acids is 2. The number of hydrogen-bond acceptors (Lipinski definition) is 4. The van der Waals surface area contributed by atoms with Crippen LogP contribution in [0.5, 0.6) is 5.75 Å². The molecule has 1 heterocycles. The van der Waals surface area contributed by atoms with Gasteiger partial charge in [-0.1, -0.05) is 48.0 Å². The average molecular weight is 449 g/mol. The van der Waals surface area contributed by atoms with Crippen LogP contribution in [-0.2, 0) is 11.2 Å². The molecule has 1 aliphatic rings. The van der Waals surface area contributed by atoms with E-state index in [9.17, 15) is 9.59 Å². The number of Topliss-reactive ketones (excluding diaryl/α,β-unsaturated/α-hetero) is 1. The topological polar surface area (TPSA) is 67.4 Å². The number of hydrogen-bond donors (Lipinski definition) is 2. The molecule has 1 fully saturated rings. The number of nitrogens with one attached hydrogen (secondary N) is 2.